The second-order valence-corrected chi connectivity index (χ2v) is 7.40. The summed E-state index contributed by atoms with van der Waals surface area (Å²) >= 11 is 18.5. The Morgan fingerprint density at radius 2 is 1.69 bits per heavy atom. The van der Waals surface area contributed by atoms with Crippen LogP contribution in [0.2, 0.25) is 15.1 Å². The number of rotatable bonds is 9. The predicted octanol–water partition coefficient (Wildman–Crippen LogP) is 6.17. The summed E-state index contributed by atoms with van der Waals surface area (Å²) in [7, 11) is 0. The molecule has 2 rings (SSSR count). The zero-order valence-corrected chi connectivity index (χ0v) is 17.5. The number of ether oxygens (including phenoxy) is 2. The molecule has 0 saturated heterocycles. The van der Waals surface area contributed by atoms with E-state index in [4.69, 9.17) is 44.3 Å². The predicted molar refractivity (Wildman–Crippen MR) is 110 cm³/mol. The highest BCUT2D eigenvalue weighted by molar-refractivity contribution is 6.35. The van der Waals surface area contributed by atoms with Crippen LogP contribution in [0.1, 0.15) is 31.9 Å². The lowest BCUT2D eigenvalue weighted by molar-refractivity contribution is 0.223. The van der Waals surface area contributed by atoms with Gasteiger partial charge in [-0.15, -0.1) is 0 Å². The van der Waals surface area contributed by atoms with Crippen LogP contribution in [-0.4, -0.2) is 19.3 Å². The Hall–Kier alpha value is -1.13. The maximum Gasteiger partial charge on any atom is 0.163 e. The highest BCUT2D eigenvalue weighted by Gasteiger charge is 2.12. The van der Waals surface area contributed by atoms with E-state index in [1.54, 1.807) is 6.07 Å². The maximum atomic E-state index is 6.41. The van der Waals surface area contributed by atoms with Gasteiger partial charge in [0.15, 0.2) is 11.5 Å². The topological polar surface area (TPSA) is 30.5 Å². The molecule has 0 aliphatic carbocycles. The Bertz CT molecular complexity index is 735. The number of hydrogen-bond donors (Lipinski definition) is 1. The summed E-state index contributed by atoms with van der Waals surface area (Å²) in [5.41, 5.74) is 2.03. The van der Waals surface area contributed by atoms with Gasteiger partial charge >= 0.3 is 0 Å². The van der Waals surface area contributed by atoms with E-state index < -0.39 is 0 Å². The fourth-order valence-corrected chi connectivity index (χ4v) is 3.22. The summed E-state index contributed by atoms with van der Waals surface area (Å²) in [6.07, 6.45) is 0.860. The highest BCUT2D eigenvalue weighted by Crippen LogP contribution is 2.34. The lowest BCUT2D eigenvalue weighted by Gasteiger charge is -2.17. The first-order chi connectivity index (χ1) is 12.4. The zero-order valence-electron chi connectivity index (χ0n) is 15.2. The molecule has 0 bridgehead atoms. The second-order valence-electron chi connectivity index (χ2n) is 6.15. The fraction of sp³-hybridized carbons (Fsp3) is 0.400. The SMILES string of the molecule is CCOc1cc(CNCCc2ccc(Cl)cc2Cl)c(Cl)cc1OC(C)C. The van der Waals surface area contributed by atoms with Crippen LogP contribution in [0, 0.1) is 0 Å². The van der Waals surface area contributed by atoms with Crippen molar-refractivity contribution in [2.75, 3.05) is 13.2 Å². The van der Waals surface area contributed by atoms with Gasteiger partial charge in [0.2, 0.25) is 0 Å². The molecular weight excluding hydrogens is 393 g/mol. The van der Waals surface area contributed by atoms with Crippen LogP contribution >= 0.6 is 34.8 Å². The Morgan fingerprint density at radius 1 is 0.962 bits per heavy atom. The smallest absolute Gasteiger partial charge is 0.163 e. The molecule has 26 heavy (non-hydrogen) atoms. The molecule has 6 heteroatoms. The quantitative estimate of drug-likeness (QED) is 0.496. The van der Waals surface area contributed by atoms with Crippen molar-refractivity contribution in [3.63, 3.8) is 0 Å². The average molecular weight is 417 g/mol. The third kappa shape index (κ3) is 6.24. The molecule has 0 radical (unpaired) electrons. The standard InChI is InChI=1S/C20H24Cl3NO2/c1-4-25-19-9-15(18(23)11-20(19)26-13(2)3)12-24-8-7-14-5-6-16(21)10-17(14)22/h5-6,9-11,13,24H,4,7-8,12H2,1-3H3. The van der Waals surface area contributed by atoms with Crippen LogP contribution < -0.4 is 14.8 Å². The first-order valence-corrected chi connectivity index (χ1v) is 9.80. The van der Waals surface area contributed by atoms with E-state index in [1.807, 2.05) is 45.0 Å². The van der Waals surface area contributed by atoms with Crippen molar-refractivity contribution in [1.82, 2.24) is 5.32 Å². The van der Waals surface area contributed by atoms with E-state index in [-0.39, 0.29) is 6.10 Å². The number of hydrogen-bond acceptors (Lipinski definition) is 3. The lowest BCUT2D eigenvalue weighted by Crippen LogP contribution is -2.17. The second kappa shape index (κ2) is 10.3. The minimum Gasteiger partial charge on any atom is -0.490 e. The van der Waals surface area contributed by atoms with Crippen molar-refractivity contribution >= 4 is 34.8 Å². The van der Waals surface area contributed by atoms with E-state index in [2.05, 4.69) is 5.32 Å². The molecule has 0 amide bonds. The van der Waals surface area contributed by atoms with Crippen LogP contribution in [-0.2, 0) is 13.0 Å². The van der Waals surface area contributed by atoms with E-state index >= 15 is 0 Å². The average Bonchev–Trinajstić information content (AvgIpc) is 2.56. The highest BCUT2D eigenvalue weighted by atomic mass is 35.5. The zero-order chi connectivity index (χ0) is 19.1. The minimum absolute atomic E-state index is 0.0540. The van der Waals surface area contributed by atoms with Crippen molar-refractivity contribution in [2.24, 2.45) is 0 Å². The lowest BCUT2D eigenvalue weighted by atomic mass is 10.1. The summed E-state index contributed by atoms with van der Waals surface area (Å²) in [6.45, 7) is 7.86. The summed E-state index contributed by atoms with van der Waals surface area (Å²) in [5, 5.41) is 5.37. The summed E-state index contributed by atoms with van der Waals surface area (Å²) in [6, 6.07) is 9.31. The van der Waals surface area contributed by atoms with Crippen molar-refractivity contribution in [1.29, 1.82) is 0 Å². The van der Waals surface area contributed by atoms with Gasteiger partial charge < -0.3 is 14.8 Å². The van der Waals surface area contributed by atoms with Crippen LogP contribution in [0.25, 0.3) is 0 Å². The van der Waals surface area contributed by atoms with Gasteiger partial charge in [0, 0.05) is 27.7 Å². The molecule has 2 aromatic carbocycles. The third-order valence-corrected chi connectivity index (χ3v) is 4.62. The van der Waals surface area contributed by atoms with E-state index in [0.29, 0.717) is 39.7 Å². The molecule has 0 spiro atoms. The molecule has 142 valence electrons. The molecule has 0 aliphatic heterocycles. The first kappa shape index (κ1) is 21.2. The molecule has 0 fully saturated rings. The normalized spacial score (nSPS) is 11.0. The van der Waals surface area contributed by atoms with Gasteiger partial charge in [0.05, 0.1) is 12.7 Å². The van der Waals surface area contributed by atoms with Crippen molar-refractivity contribution in [2.45, 2.75) is 39.8 Å². The monoisotopic (exact) mass is 415 g/mol. The molecule has 0 heterocycles. The Kier molecular flexibility index (Phi) is 8.36. The Morgan fingerprint density at radius 3 is 2.35 bits per heavy atom. The van der Waals surface area contributed by atoms with E-state index in [9.17, 15) is 0 Å². The number of nitrogens with one attached hydrogen (secondary N) is 1. The van der Waals surface area contributed by atoms with Crippen LogP contribution in [0.5, 0.6) is 11.5 Å². The Balaban J connectivity index is 1.98. The molecule has 1 N–H and O–H groups in total. The van der Waals surface area contributed by atoms with Gasteiger partial charge in [-0.3, -0.25) is 0 Å². The van der Waals surface area contributed by atoms with Crippen LogP contribution in [0.4, 0.5) is 0 Å². The van der Waals surface area contributed by atoms with Crippen molar-refractivity contribution < 1.29 is 9.47 Å². The molecule has 2 aromatic rings. The van der Waals surface area contributed by atoms with Gasteiger partial charge in [0.1, 0.15) is 0 Å². The van der Waals surface area contributed by atoms with Gasteiger partial charge in [-0.05, 0) is 63.1 Å². The summed E-state index contributed by atoms with van der Waals surface area (Å²) in [5.74, 6) is 1.38. The number of halogens is 3. The van der Waals surface area contributed by atoms with Gasteiger partial charge in [0.25, 0.3) is 0 Å². The molecular formula is C20H24Cl3NO2. The first-order valence-electron chi connectivity index (χ1n) is 8.67. The summed E-state index contributed by atoms with van der Waals surface area (Å²) < 4.78 is 11.5. The Labute approximate surface area is 170 Å². The van der Waals surface area contributed by atoms with Gasteiger partial charge in [-0.2, -0.15) is 0 Å². The fourth-order valence-electron chi connectivity index (χ4n) is 2.50. The van der Waals surface area contributed by atoms with Crippen molar-refractivity contribution in [3.05, 3.63) is 56.5 Å². The molecule has 0 saturated carbocycles. The number of benzene rings is 2. The molecule has 0 aromatic heterocycles. The van der Waals surface area contributed by atoms with Crippen molar-refractivity contribution in [3.8, 4) is 11.5 Å². The maximum absolute atomic E-state index is 6.41. The third-order valence-electron chi connectivity index (χ3n) is 3.68. The van der Waals surface area contributed by atoms with Gasteiger partial charge in [-0.25, -0.2) is 0 Å². The molecule has 0 unspecified atom stereocenters. The minimum atomic E-state index is 0.0540. The molecule has 3 nitrogen and oxygen atoms in total. The van der Waals surface area contributed by atoms with Crippen LogP contribution in [0.15, 0.2) is 30.3 Å². The molecule has 0 atom stereocenters. The summed E-state index contributed by atoms with van der Waals surface area (Å²) in [4.78, 5) is 0. The van der Waals surface area contributed by atoms with E-state index in [0.717, 1.165) is 24.1 Å². The van der Waals surface area contributed by atoms with Gasteiger partial charge in [-0.1, -0.05) is 40.9 Å². The largest absolute Gasteiger partial charge is 0.490 e. The van der Waals surface area contributed by atoms with Crippen LogP contribution in [0.3, 0.4) is 0 Å². The molecule has 0 aliphatic rings. The van der Waals surface area contributed by atoms with E-state index in [1.165, 1.54) is 0 Å².